The van der Waals surface area contributed by atoms with Crippen molar-refractivity contribution in [1.29, 1.82) is 0 Å². The Morgan fingerprint density at radius 3 is 2.47 bits per heavy atom. The van der Waals surface area contributed by atoms with Crippen LogP contribution in [0.25, 0.3) is 0 Å². The van der Waals surface area contributed by atoms with Gasteiger partial charge in [-0.2, -0.15) is 4.31 Å². The number of fused-ring (bicyclic) bond motifs is 1. The third-order valence-corrected chi connectivity index (χ3v) is 7.86. The molecule has 1 N–H and O–H groups in total. The van der Waals surface area contributed by atoms with E-state index < -0.39 is 10.0 Å². The summed E-state index contributed by atoms with van der Waals surface area (Å²) in [4.78, 5) is 13.5. The molecule has 1 aliphatic rings. The van der Waals surface area contributed by atoms with Crippen LogP contribution >= 0.6 is 11.8 Å². The number of thioether (sulfide) groups is 1. The Balaban J connectivity index is 1.67. The fourth-order valence-electron chi connectivity index (χ4n) is 3.12. The highest BCUT2D eigenvalue weighted by Gasteiger charge is 2.24. The largest absolute Gasteiger partial charge is 0.486 e. The van der Waals surface area contributed by atoms with E-state index in [1.807, 2.05) is 18.2 Å². The molecule has 3 rings (SSSR count). The van der Waals surface area contributed by atoms with Gasteiger partial charge < -0.3 is 14.8 Å². The van der Waals surface area contributed by atoms with Gasteiger partial charge in [0, 0.05) is 23.7 Å². The van der Waals surface area contributed by atoms with E-state index in [0.29, 0.717) is 49.1 Å². The molecule has 9 heteroatoms. The Morgan fingerprint density at radius 2 is 1.77 bits per heavy atom. The molecule has 0 spiro atoms. The highest BCUT2D eigenvalue weighted by Crippen LogP contribution is 2.34. The average Bonchev–Trinajstić information content (AvgIpc) is 2.74. The van der Waals surface area contributed by atoms with Gasteiger partial charge >= 0.3 is 0 Å². The van der Waals surface area contributed by atoms with Gasteiger partial charge in [0.05, 0.1) is 10.6 Å². The first-order valence-corrected chi connectivity index (χ1v) is 12.2. The number of hydrogen-bond acceptors (Lipinski definition) is 6. The fourth-order valence-corrected chi connectivity index (χ4v) is 5.55. The highest BCUT2D eigenvalue weighted by molar-refractivity contribution is 8.00. The van der Waals surface area contributed by atoms with Gasteiger partial charge in [-0.3, -0.25) is 4.79 Å². The van der Waals surface area contributed by atoms with E-state index >= 15 is 0 Å². The molecule has 0 aliphatic carbocycles. The Kier molecular flexibility index (Phi) is 7.27. The van der Waals surface area contributed by atoms with Crippen molar-refractivity contribution in [3.8, 4) is 11.5 Å². The Morgan fingerprint density at radius 1 is 1.07 bits per heavy atom. The summed E-state index contributed by atoms with van der Waals surface area (Å²) in [5.41, 5.74) is 1.10. The molecule has 1 aliphatic heterocycles. The Labute approximate surface area is 181 Å². The molecule has 162 valence electrons. The smallest absolute Gasteiger partial charge is 0.243 e. The van der Waals surface area contributed by atoms with Crippen molar-refractivity contribution in [3.63, 3.8) is 0 Å². The SMILES string of the molecule is CCN(CC)S(=O)(=O)c1cc(NC(=O)CSc2ccc3c(c2)OCCO3)ccc1C. The summed E-state index contributed by atoms with van der Waals surface area (Å²) in [6, 6.07) is 10.5. The number of aryl methyl sites for hydroxylation is 1. The molecular weight excluding hydrogens is 424 g/mol. The van der Waals surface area contributed by atoms with Crippen LogP contribution in [0.2, 0.25) is 0 Å². The molecule has 0 aromatic heterocycles. The number of amides is 1. The van der Waals surface area contributed by atoms with Crippen molar-refractivity contribution < 1.29 is 22.7 Å². The molecule has 7 nitrogen and oxygen atoms in total. The number of rotatable bonds is 8. The molecule has 2 aromatic rings. The maximum Gasteiger partial charge on any atom is 0.243 e. The maximum atomic E-state index is 12.9. The number of benzene rings is 2. The maximum absolute atomic E-state index is 12.9. The van der Waals surface area contributed by atoms with Crippen LogP contribution in [0.1, 0.15) is 19.4 Å². The van der Waals surface area contributed by atoms with Crippen LogP contribution in [0.3, 0.4) is 0 Å². The lowest BCUT2D eigenvalue weighted by atomic mass is 10.2. The van der Waals surface area contributed by atoms with Gasteiger partial charge in [0.1, 0.15) is 13.2 Å². The van der Waals surface area contributed by atoms with Crippen molar-refractivity contribution in [1.82, 2.24) is 4.31 Å². The Bertz CT molecular complexity index is 1020. The minimum Gasteiger partial charge on any atom is -0.486 e. The summed E-state index contributed by atoms with van der Waals surface area (Å²) in [6.07, 6.45) is 0. The van der Waals surface area contributed by atoms with Gasteiger partial charge in [0.25, 0.3) is 0 Å². The quantitative estimate of drug-likeness (QED) is 0.620. The molecule has 0 radical (unpaired) electrons. The standard InChI is InChI=1S/C21H26N2O5S2/c1-4-23(5-2)30(25,26)20-12-16(7-6-15(20)3)22-21(24)14-29-17-8-9-18-19(13-17)28-11-10-27-18/h6-9,12-13H,4-5,10-11,14H2,1-3H3,(H,22,24). The number of nitrogens with one attached hydrogen (secondary N) is 1. The lowest BCUT2D eigenvalue weighted by molar-refractivity contribution is -0.113. The summed E-state index contributed by atoms with van der Waals surface area (Å²) in [7, 11) is -3.60. The van der Waals surface area contributed by atoms with E-state index in [-0.39, 0.29) is 16.6 Å². The third kappa shape index (κ3) is 5.08. The molecule has 2 aromatic carbocycles. The monoisotopic (exact) mass is 450 g/mol. The molecule has 0 bridgehead atoms. The minimum absolute atomic E-state index is 0.186. The number of ether oxygens (including phenoxy) is 2. The summed E-state index contributed by atoms with van der Waals surface area (Å²) in [5, 5.41) is 2.79. The van der Waals surface area contributed by atoms with Crippen molar-refractivity contribution in [2.75, 3.05) is 37.4 Å². The third-order valence-electron chi connectivity index (χ3n) is 4.68. The van der Waals surface area contributed by atoms with Crippen LogP contribution in [-0.2, 0) is 14.8 Å². The summed E-state index contributed by atoms with van der Waals surface area (Å²) >= 11 is 1.37. The summed E-state index contributed by atoms with van der Waals surface area (Å²) in [5.74, 6) is 1.35. The summed E-state index contributed by atoms with van der Waals surface area (Å²) < 4.78 is 38.2. The number of hydrogen-bond donors (Lipinski definition) is 1. The fraction of sp³-hybridized carbons (Fsp3) is 0.381. The zero-order valence-corrected chi connectivity index (χ0v) is 18.9. The van der Waals surface area contributed by atoms with Crippen LogP contribution in [0.5, 0.6) is 11.5 Å². The van der Waals surface area contributed by atoms with Crippen LogP contribution in [0, 0.1) is 6.92 Å². The van der Waals surface area contributed by atoms with Crippen molar-refractivity contribution in [2.45, 2.75) is 30.6 Å². The van der Waals surface area contributed by atoms with E-state index in [2.05, 4.69) is 5.32 Å². The van der Waals surface area contributed by atoms with Crippen LogP contribution in [0.4, 0.5) is 5.69 Å². The molecule has 1 amide bonds. The lowest BCUT2D eigenvalue weighted by Gasteiger charge is -2.20. The number of sulfonamides is 1. The van der Waals surface area contributed by atoms with Crippen molar-refractivity contribution in [3.05, 3.63) is 42.0 Å². The van der Waals surface area contributed by atoms with Gasteiger partial charge in [-0.15, -0.1) is 11.8 Å². The Hall–Kier alpha value is -2.23. The summed E-state index contributed by atoms with van der Waals surface area (Å²) in [6.45, 7) is 7.17. The van der Waals surface area contributed by atoms with Gasteiger partial charge in [-0.1, -0.05) is 19.9 Å². The predicted octanol–water partition coefficient (Wildman–Crippen LogP) is 3.53. The van der Waals surface area contributed by atoms with E-state index in [1.54, 1.807) is 32.9 Å². The molecule has 1 heterocycles. The lowest BCUT2D eigenvalue weighted by Crippen LogP contribution is -2.31. The number of carbonyl (C=O) groups is 1. The van der Waals surface area contributed by atoms with E-state index in [9.17, 15) is 13.2 Å². The topological polar surface area (TPSA) is 84.9 Å². The second-order valence-corrected chi connectivity index (χ2v) is 9.67. The highest BCUT2D eigenvalue weighted by atomic mass is 32.2. The average molecular weight is 451 g/mol. The minimum atomic E-state index is -3.60. The normalized spacial score (nSPS) is 13.3. The van der Waals surface area contributed by atoms with Gasteiger partial charge in [0.15, 0.2) is 11.5 Å². The second-order valence-electron chi connectivity index (χ2n) is 6.71. The number of carbonyl (C=O) groups excluding carboxylic acids is 1. The van der Waals surface area contributed by atoms with E-state index in [1.165, 1.54) is 22.1 Å². The zero-order valence-electron chi connectivity index (χ0n) is 17.3. The molecule has 30 heavy (non-hydrogen) atoms. The first-order chi connectivity index (χ1) is 14.3. The van der Waals surface area contributed by atoms with Crippen molar-refractivity contribution in [2.24, 2.45) is 0 Å². The number of nitrogens with zero attached hydrogens (tertiary/aromatic N) is 1. The second kappa shape index (κ2) is 9.72. The van der Waals surface area contributed by atoms with Gasteiger partial charge in [-0.25, -0.2) is 8.42 Å². The van der Waals surface area contributed by atoms with Crippen LogP contribution in [-0.4, -0.2) is 50.7 Å². The van der Waals surface area contributed by atoms with E-state index in [4.69, 9.17) is 9.47 Å². The van der Waals surface area contributed by atoms with Gasteiger partial charge in [-0.05, 0) is 42.8 Å². The zero-order chi connectivity index (χ0) is 21.7. The van der Waals surface area contributed by atoms with Gasteiger partial charge in [0.2, 0.25) is 15.9 Å². The first kappa shape index (κ1) is 22.5. The molecule has 0 atom stereocenters. The predicted molar refractivity (Wildman–Crippen MR) is 118 cm³/mol. The molecule has 0 unspecified atom stereocenters. The van der Waals surface area contributed by atoms with Crippen molar-refractivity contribution >= 4 is 33.4 Å². The number of anilines is 1. The molecule has 0 saturated carbocycles. The van der Waals surface area contributed by atoms with Crippen LogP contribution < -0.4 is 14.8 Å². The van der Waals surface area contributed by atoms with Crippen LogP contribution in [0.15, 0.2) is 46.2 Å². The molecular formula is C21H26N2O5S2. The first-order valence-electron chi connectivity index (χ1n) is 9.78. The molecule has 0 saturated heterocycles. The van der Waals surface area contributed by atoms with E-state index in [0.717, 1.165) is 4.90 Å². The molecule has 0 fully saturated rings.